The van der Waals surface area contributed by atoms with Gasteiger partial charge in [-0.15, -0.1) is 0 Å². The van der Waals surface area contributed by atoms with Crippen molar-refractivity contribution in [3.63, 3.8) is 0 Å². The number of carbonyl (C=O) groups excluding carboxylic acids is 1. The second-order valence-corrected chi connectivity index (χ2v) is 8.69. The van der Waals surface area contributed by atoms with E-state index in [0.717, 1.165) is 33.3 Å². The van der Waals surface area contributed by atoms with E-state index >= 15 is 0 Å². The minimum Gasteiger partial charge on any atom is -0.468 e. The number of methoxy groups -OCH3 is 1. The van der Waals surface area contributed by atoms with Gasteiger partial charge < -0.3 is 14.6 Å². The van der Waals surface area contributed by atoms with Crippen molar-refractivity contribution >= 4 is 22.6 Å². The van der Waals surface area contributed by atoms with E-state index in [1.165, 1.54) is 7.11 Å². The summed E-state index contributed by atoms with van der Waals surface area (Å²) < 4.78 is 7.71. The lowest BCUT2D eigenvalue weighted by molar-refractivity contribution is -0.146. The van der Waals surface area contributed by atoms with Gasteiger partial charge in [0, 0.05) is 35.4 Å². The molecule has 5 aromatic rings. The van der Waals surface area contributed by atoms with Gasteiger partial charge in [0.1, 0.15) is 5.41 Å². The van der Waals surface area contributed by atoms with Gasteiger partial charge in [-0.25, -0.2) is 0 Å². The van der Waals surface area contributed by atoms with E-state index in [2.05, 4.69) is 40.3 Å². The fourth-order valence-electron chi connectivity index (χ4n) is 5.13. The van der Waals surface area contributed by atoms with Gasteiger partial charge in [0.25, 0.3) is 0 Å². The first kappa shape index (κ1) is 22.5. The number of benzene rings is 4. The number of nitrogens with one attached hydrogen (secondary N) is 1. The summed E-state index contributed by atoms with van der Waals surface area (Å²) in [4.78, 5) is 14.2. The van der Waals surface area contributed by atoms with Gasteiger partial charge in [-0.1, -0.05) is 97.1 Å². The lowest BCUT2D eigenvalue weighted by atomic mass is 9.66. The van der Waals surface area contributed by atoms with Crippen LogP contribution in [0.1, 0.15) is 22.7 Å². The molecule has 4 aromatic carbocycles. The van der Waals surface area contributed by atoms with Gasteiger partial charge in [-0.3, -0.25) is 4.79 Å². The first-order valence-corrected chi connectivity index (χ1v) is 11.7. The lowest BCUT2D eigenvalue weighted by Gasteiger charge is -2.40. The van der Waals surface area contributed by atoms with Gasteiger partial charge in [0.15, 0.2) is 0 Å². The van der Waals surface area contributed by atoms with E-state index in [-0.39, 0.29) is 5.97 Å². The number of hydrogen-bond donors (Lipinski definition) is 1. The van der Waals surface area contributed by atoms with E-state index in [1.807, 2.05) is 98.0 Å². The average Bonchev–Trinajstić information content (AvgIpc) is 3.26. The molecular formula is C31H28N2O2. The maximum atomic E-state index is 14.2. The quantitative estimate of drug-likeness (QED) is 0.282. The van der Waals surface area contributed by atoms with Crippen molar-refractivity contribution in [1.29, 1.82) is 0 Å². The van der Waals surface area contributed by atoms with Gasteiger partial charge >= 0.3 is 5.97 Å². The SMILES string of the molecule is COC(=O)[C@](c1ccccc1)(c1cn(C)c2ccccc12)[C@H](Nc1ccccc1)c1ccccc1. The summed E-state index contributed by atoms with van der Waals surface area (Å²) in [6.45, 7) is 0. The smallest absolute Gasteiger partial charge is 0.323 e. The molecule has 0 spiro atoms. The molecule has 4 heteroatoms. The van der Waals surface area contributed by atoms with Crippen molar-refractivity contribution in [3.05, 3.63) is 138 Å². The number of fused-ring (bicyclic) bond motifs is 1. The number of aromatic nitrogens is 1. The van der Waals surface area contributed by atoms with E-state index in [1.54, 1.807) is 0 Å². The van der Waals surface area contributed by atoms with Gasteiger partial charge in [0.05, 0.1) is 13.2 Å². The van der Waals surface area contributed by atoms with Crippen LogP contribution in [-0.2, 0) is 22.0 Å². The summed E-state index contributed by atoms with van der Waals surface area (Å²) >= 11 is 0. The Morgan fingerprint density at radius 3 is 2.03 bits per heavy atom. The van der Waals surface area contributed by atoms with Crippen LogP contribution >= 0.6 is 0 Å². The summed E-state index contributed by atoms with van der Waals surface area (Å²) in [6.07, 6.45) is 2.07. The normalized spacial score (nSPS) is 13.7. The molecule has 1 aromatic heterocycles. The Morgan fingerprint density at radius 2 is 1.37 bits per heavy atom. The summed E-state index contributed by atoms with van der Waals surface area (Å²) in [5, 5.41) is 4.73. The summed E-state index contributed by atoms with van der Waals surface area (Å²) in [7, 11) is 3.48. The third kappa shape index (κ3) is 3.87. The van der Waals surface area contributed by atoms with Crippen LogP contribution in [0.4, 0.5) is 5.69 Å². The molecule has 0 bridgehead atoms. The van der Waals surface area contributed by atoms with E-state index in [0.29, 0.717) is 0 Å². The maximum Gasteiger partial charge on any atom is 0.323 e. The van der Waals surface area contributed by atoms with Crippen LogP contribution in [0.3, 0.4) is 0 Å². The molecule has 5 rings (SSSR count). The third-order valence-corrected chi connectivity index (χ3v) is 6.71. The van der Waals surface area contributed by atoms with E-state index in [4.69, 9.17) is 4.74 Å². The van der Waals surface area contributed by atoms with Crippen molar-refractivity contribution < 1.29 is 9.53 Å². The van der Waals surface area contributed by atoms with Crippen molar-refractivity contribution in [2.75, 3.05) is 12.4 Å². The predicted octanol–water partition coefficient (Wildman–Crippen LogP) is 6.49. The minimum atomic E-state index is -1.17. The molecule has 35 heavy (non-hydrogen) atoms. The largest absolute Gasteiger partial charge is 0.468 e. The number of hydrogen-bond acceptors (Lipinski definition) is 3. The third-order valence-electron chi connectivity index (χ3n) is 6.71. The topological polar surface area (TPSA) is 43.3 Å². The highest BCUT2D eigenvalue weighted by molar-refractivity contribution is 5.97. The summed E-state index contributed by atoms with van der Waals surface area (Å²) in [5.74, 6) is -0.322. The Hall–Kier alpha value is -4.31. The molecule has 4 nitrogen and oxygen atoms in total. The molecule has 0 saturated heterocycles. The molecule has 174 valence electrons. The van der Waals surface area contributed by atoms with Crippen LogP contribution < -0.4 is 5.32 Å². The van der Waals surface area contributed by atoms with E-state index in [9.17, 15) is 4.79 Å². The van der Waals surface area contributed by atoms with Crippen molar-refractivity contribution in [1.82, 2.24) is 4.57 Å². The Bertz CT molecular complexity index is 1430. The Morgan fingerprint density at radius 1 is 0.800 bits per heavy atom. The molecule has 0 fully saturated rings. The number of rotatable bonds is 7. The number of aryl methyl sites for hydroxylation is 1. The predicted molar refractivity (Wildman–Crippen MR) is 141 cm³/mol. The standard InChI is InChI=1S/C31H28N2O2/c1-33-22-27(26-20-12-13-21-28(26)33)31(30(34)35-2,24-16-8-4-9-17-24)29(23-14-6-3-7-15-23)32-25-18-10-5-11-19-25/h3-22,29,32H,1-2H3/t29-,31-/m1/s1. The Labute approximate surface area is 205 Å². The Balaban J connectivity index is 1.90. The van der Waals surface area contributed by atoms with Gasteiger partial charge in [-0.2, -0.15) is 0 Å². The Kier molecular flexibility index (Phi) is 6.11. The van der Waals surface area contributed by atoms with Crippen LogP contribution in [0.2, 0.25) is 0 Å². The highest BCUT2D eigenvalue weighted by Crippen LogP contribution is 2.48. The molecule has 0 aliphatic carbocycles. The summed E-state index contributed by atoms with van der Waals surface area (Å²) in [6, 6.07) is 37.8. The van der Waals surface area contributed by atoms with Gasteiger partial charge in [-0.05, 0) is 29.3 Å². The lowest BCUT2D eigenvalue weighted by Crippen LogP contribution is -2.46. The maximum absolute atomic E-state index is 14.2. The summed E-state index contributed by atoms with van der Waals surface area (Å²) in [5.41, 5.74) is 3.54. The molecule has 1 heterocycles. The number of anilines is 1. The minimum absolute atomic E-state index is 0.322. The van der Waals surface area contributed by atoms with Crippen molar-refractivity contribution in [2.45, 2.75) is 11.5 Å². The molecule has 1 N–H and O–H groups in total. The highest BCUT2D eigenvalue weighted by Gasteiger charge is 2.52. The molecule has 0 unspecified atom stereocenters. The fraction of sp³-hybridized carbons (Fsp3) is 0.129. The zero-order valence-corrected chi connectivity index (χ0v) is 19.9. The molecule has 0 saturated carbocycles. The van der Waals surface area contributed by atoms with E-state index < -0.39 is 11.5 Å². The number of para-hydroxylation sites is 2. The molecule has 0 amide bonds. The van der Waals surface area contributed by atoms with Crippen molar-refractivity contribution in [3.8, 4) is 0 Å². The van der Waals surface area contributed by atoms with Crippen LogP contribution in [-0.4, -0.2) is 17.6 Å². The fourth-order valence-corrected chi connectivity index (χ4v) is 5.13. The number of esters is 1. The monoisotopic (exact) mass is 460 g/mol. The zero-order chi connectivity index (χ0) is 24.3. The molecule has 0 aliphatic heterocycles. The second-order valence-electron chi connectivity index (χ2n) is 8.69. The van der Waals surface area contributed by atoms with Gasteiger partial charge in [0.2, 0.25) is 0 Å². The molecular weight excluding hydrogens is 432 g/mol. The average molecular weight is 461 g/mol. The van der Waals surface area contributed by atoms with Crippen LogP contribution in [0.25, 0.3) is 10.9 Å². The molecule has 2 atom stereocenters. The van der Waals surface area contributed by atoms with Crippen LogP contribution in [0.5, 0.6) is 0 Å². The second kappa shape index (κ2) is 9.51. The zero-order valence-electron chi connectivity index (χ0n) is 19.9. The van der Waals surface area contributed by atoms with Crippen LogP contribution in [0.15, 0.2) is 121 Å². The first-order valence-electron chi connectivity index (χ1n) is 11.7. The highest BCUT2D eigenvalue weighted by atomic mass is 16.5. The number of carbonyl (C=O) groups is 1. The van der Waals surface area contributed by atoms with Crippen molar-refractivity contribution in [2.24, 2.45) is 7.05 Å². The number of ether oxygens (including phenoxy) is 1. The number of nitrogens with zero attached hydrogens (tertiary/aromatic N) is 1. The molecule has 0 radical (unpaired) electrons. The van der Waals surface area contributed by atoms with Crippen LogP contribution in [0, 0.1) is 0 Å². The first-order chi connectivity index (χ1) is 17.2. The molecule has 0 aliphatic rings.